The fraction of sp³-hybridized carbons (Fsp3) is 0.483. The van der Waals surface area contributed by atoms with Crippen LogP contribution in [0.25, 0.3) is 0 Å². The number of carbonyl (C=O) groups excluding carboxylic acids is 2. The molecule has 1 aliphatic carbocycles. The van der Waals surface area contributed by atoms with Crippen molar-refractivity contribution < 1.29 is 33.4 Å². The summed E-state index contributed by atoms with van der Waals surface area (Å²) in [5, 5.41) is 14.9. The van der Waals surface area contributed by atoms with E-state index >= 15 is 0 Å². The molecule has 3 N–H and O–H groups in total. The third kappa shape index (κ3) is 6.71. The molecule has 2 aromatic carbocycles. The Morgan fingerprint density at radius 3 is 2.32 bits per heavy atom. The Bertz CT molecular complexity index is 1150. The van der Waals surface area contributed by atoms with Crippen LogP contribution in [0.3, 0.4) is 0 Å². The largest absolute Gasteiger partial charge is 0.495 e. The lowest BCUT2D eigenvalue weighted by molar-refractivity contribution is -0.864. The van der Waals surface area contributed by atoms with Crippen LogP contribution in [-0.2, 0) is 20.7 Å². The van der Waals surface area contributed by atoms with Crippen molar-refractivity contribution in [3.63, 3.8) is 0 Å². The Morgan fingerprint density at radius 2 is 1.66 bits per heavy atom. The van der Waals surface area contributed by atoms with Crippen LogP contribution in [0, 0.1) is 12.8 Å². The highest BCUT2D eigenvalue weighted by Crippen LogP contribution is 2.30. The van der Waals surface area contributed by atoms with Gasteiger partial charge in [-0.3, -0.25) is 4.79 Å². The first kappa shape index (κ1) is 27.6. The zero-order valence-corrected chi connectivity index (χ0v) is 22.2. The predicted molar refractivity (Wildman–Crippen MR) is 144 cm³/mol. The van der Waals surface area contributed by atoms with Gasteiger partial charge in [-0.1, -0.05) is 24.3 Å². The van der Waals surface area contributed by atoms with Crippen LogP contribution in [-0.4, -0.2) is 60.5 Å². The summed E-state index contributed by atoms with van der Waals surface area (Å²) in [4.78, 5) is 37.3. The zero-order chi connectivity index (χ0) is 27.1. The quantitative estimate of drug-likeness (QED) is 0.400. The highest BCUT2D eigenvalue weighted by molar-refractivity contribution is 6.01. The molecule has 0 radical (unpaired) electrons. The van der Waals surface area contributed by atoms with Crippen LogP contribution in [0.4, 0.5) is 16.2 Å². The molecule has 0 bridgehead atoms. The summed E-state index contributed by atoms with van der Waals surface area (Å²) in [6.07, 6.45) is 4.87. The van der Waals surface area contributed by atoms with Crippen molar-refractivity contribution in [3.05, 3.63) is 53.6 Å². The van der Waals surface area contributed by atoms with Gasteiger partial charge in [0.25, 0.3) is 0 Å². The van der Waals surface area contributed by atoms with Gasteiger partial charge in [-0.15, -0.1) is 0 Å². The summed E-state index contributed by atoms with van der Waals surface area (Å²) in [5.41, 5.74) is 3.01. The Balaban J connectivity index is 1.36. The average Bonchev–Trinajstić information content (AvgIpc) is 3.40. The smallest absolute Gasteiger partial charge is 0.323 e. The molecule has 0 unspecified atom stereocenters. The number of carbonyl (C=O) groups is 3. The molecular weight excluding hydrogens is 486 g/mol. The van der Waals surface area contributed by atoms with E-state index < -0.39 is 5.97 Å². The number of hydrogen-bond donors (Lipinski definition) is 3. The van der Waals surface area contributed by atoms with Gasteiger partial charge in [0.05, 0.1) is 44.3 Å². The third-order valence-corrected chi connectivity index (χ3v) is 7.79. The van der Waals surface area contributed by atoms with Gasteiger partial charge in [0, 0.05) is 18.5 Å². The Hall–Kier alpha value is -3.43. The molecular formula is C29H38N3O6+. The minimum absolute atomic E-state index is 0.00488. The number of carboxylic acids is 1. The molecule has 2 aromatic rings. The lowest BCUT2D eigenvalue weighted by Crippen LogP contribution is -2.53. The second-order valence-electron chi connectivity index (χ2n) is 10.4. The normalized spacial score (nSPS) is 20.5. The number of amides is 3. The first-order valence-electron chi connectivity index (χ1n) is 13.3. The van der Waals surface area contributed by atoms with Crippen molar-refractivity contribution in [3.8, 4) is 5.75 Å². The number of likely N-dealkylation sites (tertiary alicyclic amines) is 1. The van der Waals surface area contributed by atoms with Crippen molar-refractivity contribution in [2.75, 3.05) is 37.6 Å². The number of ether oxygens (including phenoxy) is 2. The van der Waals surface area contributed by atoms with Gasteiger partial charge in [0.1, 0.15) is 5.75 Å². The van der Waals surface area contributed by atoms with Gasteiger partial charge in [-0.2, -0.15) is 0 Å². The van der Waals surface area contributed by atoms with Crippen LogP contribution in [0.5, 0.6) is 5.75 Å². The second kappa shape index (κ2) is 12.4. The molecule has 1 aliphatic heterocycles. The molecule has 38 heavy (non-hydrogen) atoms. The zero-order valence-electron chi connectivity index (χ0n) is 22.2. The number of aliphatic carboxylic acids is 1. The number of methoxy groups -OCH3 is 1. The van der Waals surface area contributed by atoms with E-state index in [-0.39, 0.29) is 30.4 Å². The molecule has 1 saturated heterocycles. The predicted octanol–water partition coefficient (Wildman–Crippen LogP) is 4.94. The molecule has 4 rings (SSSR count). The summed E-state index contributed by atoms with van der Waals surface area (Å²) in [6.45, 7) is 3.75. The number of benzene rings is 2. The van der Waals surface area contributed by atoms with Gasteiger partial charge in [-0.05, 0) is 61.9 Å². The van der Waals surface area contributed by atoms with Gasteiger partial charge >= 0.3 is 17.9 Å². The number of urea groups is 1. The molecule has 2 fully saturated rings. The van der Waals surface area contributed by atoms with Crippen LogP contribution in [0.15, 0.2) is 42.5 Å². The van der Waals surface area contributed by atoms with E-state index in [2.05, 4.69) is 10.6 Å². The fourth-order valence-electron chi connectivity index (χ4n) is 5.40. The fourth-order valence-corrected chi connectivity index (χ4v) is 5.40. The number of aryl methyl sites for hydroxylation is 1. The number of quaternary nitrogens is 1. The van der Waals surface area contributed by atoms with E-state index in [9.17, 15) is 19.5 Å². The first-order chi connectivity index (χ1) is 18.3. The summed E-state index contributed by atoms with van der Waals surface area (Å²) in [6, 6.07) is 12.5. The van der Waals surface area contributed by atoms with Crippen molar-refractivity contribution >= 4 is 29.3 Å². The first-order valence-corrected chi connectivity index (χ1v) is 13.3. The highest BCUT2D eigenvalue weighted by Gasteiger charge is 2.41. The van der Waals surface area contributed by atoms with E-state index in [1.807, 2.05) is 37.3 Å². The van der Waals surface area contributed by atoms with E-state index in [1.54, 1.807) is 12.1 Å². The van der Waals surface area contributed by atoms with Gasteiger partial charge in [-0.25, -0.2) is 14.1 Å². The Morgan fingerprint density at radius 1 is 0.974 bits per heavy atom. The van der Waals surface area contributed by atoms with Crippen molar-refractivity contribution in [1.82, 2.24) is 0 Å². The Kier molecular flexibility index (Phi) is 9.01. The lowest BCUT2D eigenvalue weighted by atomic mass is 9.87. The molecule has 0 atom stereocenters. The molecule has 0 spiro atoms. The minimum Gasteiger partial charge on any atom is -0.495 e. The maximum absolute atomic E-state index is 13.5. The molecule has 9 heteroatoms. The van der Waals surface area contributed by atoms with Gasteiger partial charge < -0.3 is 25.2 Å². The topological polar surface area (TPSA) is 114 Å². The molecule has 2 aliphatic rings. The van der Waals surface area contributed by atoms with Gasteiger partial charge in [0.15, 0.2) is 6.73 Å². The minimum atomic E-state index is -0.731. The molecule has 0 aromatic heterocycles. The highest BCUT2D eigenvalue weighted by atomic mass is 16.5. The van der Waals surface area contributed by atoms with E-state index in [0.717, 1.165) is 42.7 Å². The second-order valence-corrected chi connectivity index (χ2v) is 10.4. The van der Waals surface area contributed by atoms with Crippen molar-refractivity contribution in [1.29, 1.82) is 0 Å². The number of hydrogen-bond acceptors (Lipinski definition) is 5. The third-order valence-electron chi connectivity index (χ3n) is 7.79. The van der Waals surface area contributed by atoms with Crippen LogP contribution in [0.1, 0.15) is 49.7 Å². The number of rotatable bonds is 9. The maximum Gasteiger partial charge on any atom is 0.323 e. The average molecular weight is 525 g/mol. The summed E-state index contributed by atoms with van der Waals surface area (Å²) in [5.74, 6) is -0.436. The summed E-state index contributed by atoms with van der Waals surface area (Å²) < 4.78 is 12.0. The number of nitrogens with zero attached hydrogens (tertiary/aromatic N) is 1. The number of carboxylic acid groups (broad SMARTS) is 1. The number of para-hydroxylation sites is 1. The number of nitrogens with one attached hydrogen (secondary N) is 2. The van der Waals surface area contributed by atoms with Crippen LogP contribution < -0.4 is 15.4 Å². The van der Waals surface area contributed by atoms with Gasteiger partial charge in [0.2, 0.25) is 0 Å². The van der Waals surface area contributed by atoms with Crippen LogP contribution >= 0.6 is 0 Å². The Labute approximate surface area is 223 Å². The molecule has 1 saturated carbocycles. The van der Waals surface area contributed by atoms with Crippen molar-refractivity contribution in [2.24, 2.45) is 5.92 Å². The maximum atomic E-state index is 13.5. The SMILES string of the molecule is COc1cc(CC(=O)[N+]2(COC3CCC(C(=O)O)CC3)CCCC2)ccc1NC(=O)Nc1ccccc1C. The van der Waals surface area contributed by atoms with E-state index in [0.29, 0.717) is 48.3 Å². The van der Waals surface area contributed by atoms with Crippen molar-refractivity contribution in [2.45, 2.75) is 58.0 Å². The van der Waals surface area contributed by atoms with E-state index in [1.165, 1.54) is 7.11 Å². The summed E-state index contributed by atoms with van der Waals surface area (Å²) >= 11 is 0. The molecule has 1 heterocycles. The van der Waals surface area contributed by atoms with Crippen LogP contribution in [0.2, 0.25) is 0 Å². The molecule has 204 valence electrons. The van der Waals surface area contributed by atoms with E-state index in [4.69, 9.17) is 9.47 Å². The summed E-state index contributed by atoms with van der Waals surface area (Å²) in [7, 11) is 1.53. The monoisotopic (exact) mass is 524 g/mol. The molecule has 3 amide bonds. The lowest BCUT2D eigenvalue weighted by Gasteiger charge is -2.34. The number of anilines is 2. The molecule has 9 nitrogen and oxygen atoms in total. The standard InChI is InChI=1S/C29H37N3O6/c1-20-7-3-4-8-24(20)30-29(36)31-25-14-9-21(17-26(25)37-2)18-27(33)32(15-5-6-16-32)19-38-23-12-10-22(11-13-23)28(34)35/h3-4,7-9,14,17,22-23H,5-6,10-13,15-16,18-19H2,1-2H3,(H2-,30,31,34,35,36)/p+1.